The molecule has 4 nitrogen and oxygen atoms in total. The smallest absolute Gasteiger partial charge is 0.182 e. The van der Waals surface area contributed by atoms with Crippen LogP contribution in [0.15, 0.2) is 16.8 Å². The summed E-state index contributed by atoms with van der Waals surface area (Å²) in [7, 11) is 0. The van der Waals surface area contributed by atoms with Gasteiger partial charge in [0.25, 0.3) is 0 Å². The van der Waals surface area contributed by atoms with Gasteiger partial charge in [0.05, 0.1) is 6.54 Å². The van der Waals surface area contributed by atoms with Crippen LogP contribution < -0.4 is 11.1 Å². The molecule has 0 bridgehead atoms. The van der Waals surface area contributed by atoms with Gasteiger partial charge in [0.1, 0.15) is 6.10 Å². The van der Waals surface area contributed by atoms with Crippen molar-refractivity contribution in [3.05, 3.63) is 11.8 Å². The van der Waals surface area contributed by atoms with Gasteiger partial charge >= 0.3 is 0 Å². The molecule has 0 radical (unpaired) electrons. The van der Waals surface area contributed by atoms with E-state index < -0.39 is 0 Å². The van der Waals surface area contributed by atoms with Crippen molar-refractivity contribution in [3.63, 3.8) is 0 Å². The van der Waals surface area contributed by atoms with Gasteiger partial charge in [0, 0.05) is 11.9 Å². The van der Waals surface area contributed by atoms with Crippen LogP contribution in [-0.4, -0.2) is 25.2 Å². The van der Waals surface area contributed by atoms with E-state index in [1.54, 1.807) is 6.21 Å². The zero-order valence-corrected chi connectivity index (χ0v) is 5.45. The van der Waals surface area contributed by atoms with Gasteiger partial charge in [-0.1, -0.05) is 0 Å². The Morgan fingerprint density at radius 3 is 3.50 bits per heavy atom. The fraction of sp³-hybridized carbons (Fsp3) is 0.500. The summed E-state index contributed by atoms with van der Waals surface area (Å²) in [6.07, 6.45) is 3.37. The fourth-order valence-corrected chi connectivity index (χ4v) is 1.13. The molecule has 2 rings (SSSR count). The van der Waals surface area contributed by atoms with E-state index in [0.717, 1.165) is 5.70 Å². The molecule has 0 aromatic heterocycles. The van der Waals surface area contributed by atoms with E-state index in [-0.39, 0.29) is 12.5 Å². The van der Waals surface area contributed by atoms with Gasteiger partial charge in [-0.15, -0.1) is 0 Å². The number of aliphatic imine (C=N–C) groups is 1. The quantitative estimate of drug-likeness (QED) is 0.461. The first-order valence-electron chi connectivity index (χ1n) is 3.24. The van der Waals surface area contributed by atoms with Crippen molar-refractivity contribution in [1.29, 1.82) is 0 Å². The number of rotatable bonds is 0. The van der Waals surface area contributed by atoms with Crippen LogP contribution in [0.4, 0.5) is 0 Å². The first-order valence-corrected chi connectivity index (χ1v) is 3.24. The maximum Gasteiger partial charge on any atom is 0.182 e. The molecule has 10 heavy (non-hydrogen) atoms. The van der Waals surface area contributed by atoms with Gasteiger partial charge in [-0.25, -0.2) is 0 Å². The third-order valence-corrected chi connectivity index (χ3v) is 1.60. The van der Waals surface area contributed by atoms with Gasteiger partial charge in [-0.2, -0.15) is 0 Å². The zero-order valence-electron chi connectivity index (χ0n) is 5.45. The second kappa shape index (κ2) is 2.07. The van der Waals surface area contributed by atoms with Crippen molar-refractivity contribution in [2.45, 2.75) is 12.5 Å². The Bertz CT molecular complexity index is 199. The maximum absolute atomic E-state index is 5.46. The number of nitrogens with one attached hydrogen (secondary N) is 1. The van der Waals surface area contributed by atoms with E-state index in [2.05, 4.69) is 10.3 Å². The Labute approximate surface area is 58.8 Å². The third-order valence-electron chi connectivity index (χ3n) is 1.60. The lowest BCUT2D eigenvalue weighted by Gasteiger charge is -2.08. The number of allylic oxidation sites excluding steroid dienone is 1. The van der Waals surface area contributed by atoms with E-state index in [1.807, 2.05) is 6.08 Å². The second-order valence-corrected chi connectivity index (χ2v) is 2.33. The molecule has 2 aliphatic rings. The highest BCUT2D eigenvalue weighted by Gasteiger charge is 2.27. The number of hydrogen-bond donors (Lipinski definition) is 2. The Morgan fingerprint density at radius 2 is 2.70 bits per heavy atom. The van der Waals surface area contributed by atoms with E-state index in [4.69, 9.17) is 10.5 Å². The van der Waals surface area contributed by atoms with Crippen molar-refractivity contribution in [1.82, 2.24) is 5.32 Å². The predicted molar refractivity (Wildman–Crippen MR) is 37.4 cm³/mol. The highest BCUT2D eigenvalue weighted by Crippen LogP contribution is 2.14. The Kier molecular flexibility index (Phi) is 1.22. The molecule has 2 heterocycles. The van der Waals surface area contributed by atoms with Crippen LogP contribution in [0.3, 0.4) is 0 Å². The summed E-state index contributed by atoms with van der Waals surface area (Å²) in [5.41, 5.74) is 6.51. The fourth-order valence-electron chi connectivity index (χ4n) is 1.13. The SMILES string of the molecule is NC1NC2=CC=NCC2O1. The lowest BCUT2D eigenvalue weighted by atomic mass is 10.2. The molecule has 2 aliphatic heterocycles. The molecule has 2 atom stereocenters. The second-order valence-electron chi connectivity index (χ2n) is 2.33. The van der Waals surface area contributed by atoms with Crippen LogP contribution in [0.5, 0.6) is 0 Å². The van der Waals surface area contributed by atoms with Crippen LogP contribution in [0.25, 0.3) is 0 Å². The third kappa shape index (κ3) is 0.815. The van der Waals surface area contributed by atoms with Crippen LogP contribution >= 0.6 is 0 Å². The summed E-state index contributed by atoms with van der Waals surface area (Å²) >= 11 is 0. The largest absolute Gasteiger partial charge is 0.349 e. The first-order chi connectivity index (χ1) is 4.86. The van der Waals surface area contributed by atoms with E-state index in [0.29, 0.717) is 6.54 Å². The standard InChI is InChI=1S/C6H9N3O/c7-6-9-4-1-2-8-3-5(4)10-6/h1-2,5-6,9H,3,7H2. The average Bonchev–Trinajstić information content (AvgIpc) is 2.27. The summed E-state index contributed by atoms with van der Waals surface area (Å²) in [6, 6.07) is 0. The lowest BCUT2D eigenvalue weighted by molar-refractivity contribution is 0.0538. The van der Waals surface area contributed by atoms with Gasteiger partial charge < -0.3 is 10.1 Å². The number of nitrogens with zero attached hydrogens (tertiary/aromatic N) is 1. The lowest BCUT2D eigenvalue weighted by Crippen LogP contribution is -2.31. The summed E-state index contributed by atoms with van der Waals surface area (Å²) in [6.45, 7) is 0.687. The van der Waals surface area contributed by atoms with Gasteiger partial charge in [0.2, 0.25) is 0 Å². The topological polar surface area (TPSA) is 59.6 Å². The number of ether oxygens (including phenoxy) is 1. The minimum absolute atomic E-state index is 0.0694. The van der Waals surface area contributed by atoms with E-state index in [1.165, 1.54) is 0 Å². The molecule has 54 valence electrons. The predicted octanol–water partition coefficient (Wildman–Crippen LogP) is -0.815. The molecule has 1 fully saturated rings. The molecular weight excluding hydrogens is 130 g/mol. The minimum Gasteiger partial charge on any atom is -0.349 e. The van der Waals surface area contributed by atoms with E-state index >= 15 is 0 Å². The summed E-state index contributed by atoms with van der Waals surface area (Å²) in [4.78, 5) is 4.03. The van der Waals surface area contributed by atoms with Crippen LogP contribution in [-0.2, 0) is 4.74 Å². The molecule has 0 saturated carbocycles. The number of nitrogens with two attached hydrogens (primary N) is 1. The number of hydrogen-bond acceptors (Lipinski definition) is 4. The summed E-state index contributed by atoms with van der Waals surface area (Å²) in [5, 5.41) is 2.98. The Morgan fingerprint density at radius 1 is 1.80 bits per heavy atom. The highest BCUT2D eigenvalue weighted by atomic mass is 16.5. The number of dihydropyridines is 1. The molecule has 3 N–H and O–H groups in total. The number of fused-ring (bicyclic) bond motifs is 1. The van der Waals surface area contributed by atoms with Crippen LogP contribution in [0.1, 0.15) is 0 Å². The molecule has 0 aliphatic carbocycles. The molecule has 0 spiro atoms. The van der Waals surface area contributed by atoms with Gasteiger partial charge in [-0.3, -0.25) is 10.7 Å². The normalized spacial score (nSPS) is 36.7. The first kappa shape index (κ1) is 5.88. The molecule has 2 unspecified atom stereocenters. The minimum atomic E-state index is -0.349. The molecule has 0 aromatic rings. The summed E-state index contributed by atoms with van der Waals surface area (Å²) in [5.74, 6) is 0. The van der Waals surface area contributed by atoms with Crippen molar-refractivity contribution in [2.24, 2.45) is 10.7 Å². The van der Waals surface area contributed by atoms with Crippen LogP contribution in [0, 0.1) is 0 Å². The monoisotopic (exact) mass is 139 g/mol. The molecule has 0 aromatic carbocycles. The Hall–Kier alpha value is -0.870. The van der Waals surface area contributed by atoms with Crippen molar-refractivity contribution in [2.75, 3.05) is 6.54 Å². The Balaban J connectivity index is 2.18. The van der Waals surface area contributed by atoms with Gasteiger partial charge in [-0.05, 0) is 6.08 Å². The van der Waals surface area contributed by atoms with Crippen molar-refractivity contribution < 1.29 is 4.74 Å². The van der Waals surface area contributed by atoms with Crippen molar-refractivity contribution >= 4 is 6.21 Å². The molecule has 4 heteroatoms. The molecule has 1 saturated heterocycles. The molecule has 0 amide bonds. The molecular formula is C6H9N3O. The average molecular weight is 139 g/mol. The maximum atomic E-state index is 5.46. The van der Waals surface area contributed by atoms with E-state index in [9.17, 15) is 0 Å². The van der Waals surface area contributed by atoms with Crippen LogP contribution in [0.2, 0.25) is 0 Å². The van der Waals surface area contributed by atoms with Gasteiger partial charge in [0.15, 0.2) is 6.35 Å². The zero-order chi connectivity index (χ0) is 6.97. The van der Waals surface area contributed by atoms with Crippen molar-refractivity contribution in [3.8, 4) is 0 Å². The summed E-state index contributed by atoms with van der Waals surface area (Å²) < 4.78 is 5.25. The highest BCUT2D eigenvalue weighted by molar-refractivity contribution is 5.73.